The molecule has 152 valence electrons. The molecule has 0 aliphatic carbocycles. The average molecular weight is 403 g/mol. The highest BCUT2D eigenvalue weighted by Gasteiger charge is 2.16. The lowest BCUT2D eigenvalue weighted by Crippen LogP contribution is -2.44. The van der Waals surface area contributed by atoms with Crippen LogP contribution in [-0.2, 0) is 0 Å². The van der Waals surface area contributed by atoms with Crippen LogP contribution >= 0.6 is 0 Å². The lowest BCUT2D eigenvalue weighted by Gasteiger charge is -2.34. The third-order valence-electron chi connectivity index (χ3n) is 5.72. The summed E-state index contributed by atoms with van der Waals surface area (Å²) in [5.41, 5.74) is 3.41. The van der Waals surface area contributed by atoms with Crippen LogP contribution in [-0.4, -0.2) is 52.9 Å². The van der Waals surface area contributed by atoms with Gasteiger partial charge in [-0.1, -0.05) is 24.3 Å². The van der Waals surface area contributed by atoms with Crippen LogP contribution in [0.1, 0.15) is 0 Å². The number of halogens is 1. The van der Waals surface area contributed by atoms with Gasteiger partial charge in [0.25, 0.3) is 5.56 Å². The normalized spacial score (nSPS) is 15.1. The molecule has 1 N–H and O–H groups in total. The summed E-state index contributed by atoms with van der Waals surface area (Å²) in [5.74, 6) is -0.444. The summed E-state index contributed by atoms with van der Waals surface area (Å²) in [6.07, 6.45) is 1.66. The van der Waals surface area contributed by atoms with Gasteiger partial charge in [0.1, 0.15) is 11.5 Å². The van der Waals surface area contributed by atoms with Gasteiger partial charge in [-0.15, -0.1) is 0 Å². The van der Waals surface area contributed by atoms with Crippen LogP contribution in [0.15, 0.2) is 65.6 Å². The van der Waals surface area contributed by atoms with E-state index in [1.165, 1.54) is 22.4 Å². The van der Waals surface area contributed by atoms with Gasteiger partial charge in [0.15, 0.2) is 0 Å². The monoisotopic (exact) mass is 403 g/mol. The van der Waals surface area contributed by atoms with Gasteiger partial charge in [-0.05, 0) is 31.3 Å². The van der Waals surface area contributed by atoms with Gasteiger partial charge in [-0.2, -0.15) is 5.10 Å². The van der Waals surface area contributed by atoms with Crippen molar-refractivity contribution < 1.29 is 4.39 Å². The van der Waals surface area contributed by atoms with Crippen LogP contribution in [0.4, 0.5) is 10.1 Å². The molecule has 3 heterocycles. The van der Waals surface area contributed by atoms with Gasteiger partial charge in [0, 0.05) is 55.1 Å². The zero-order chi connectivity index (χ0) is 20.7. The largest absolute Gasteiger partial charge is 0.369 e. The minimum atomic E-state index is -0.444. The number of rotatable bonds is 3. The van der Waals surface area contributed by atoms with E-state index in [9.17, 15) is 9.18 Å². The Morgan fingerprint density at radius 3 is 2.47 bits per heavy atom. The number of benzene rings is 2. The number of H-pyrrole nitrogens is 1. The van der Waals surface area contributed by atoms with Gasteiger partial charge in [-0.3, -0.25) is 14.5 Å². The molecule has 7 heteroatoms. The topological polar surface area (TPSA) is 57.2 Å². The van der Waals surface area contributed by atoms with Gasteiger partial charge >= 0.3 is 0 Å². The van der Waals surface area contributed by atoms with Gasteiger partial charge in [0.2, 0.25) is 0 Å². The van der Waals surface area contributed by atoms with E-state index in [2.05, 4.69) is 39.2 Å². The fourth-order valence-corrected chi connectivity index (χ4v) is 3.94. The number of piperazine rings is 1. The number of nitrogens with one attached hydrogen (secondary N) is 1. The second kappa shape index (κ2) is 7.42. The number of hydrogen-bond donors (Lipinski definition) is 1. The van der Waals surface area contributed by atoms with E-state index in [4.69, 9.17) is 0 Å². The van der Waals surface area contributed by atoms with E-state index in [0.717, 1.165) is 42.8 Å². The zero-order valence-electron chi connectivity index (χ0n) is 16.7. The molecule has 1 saturated heterocycles. The lowest BCUT2D eigenvalue weighted by atomic mass is 10.1. The number of hydrogen-bond acceptors (Lipinski definition) is 4. The highest BCUT2D eigenvalue weighted by atomic mass is 19.1. The second-order valence-electron chi connectivity index (χ2n) is 7.67. The Bertz CT molecular complexity index is 1250. The van der Waals surface area contributed by atoms with E-state index >= 15 is 0 Å². The number of likely N-dealkylation sites (N-methyl/N-ethyl adjacent to an activating group) is 1. The predicted molar refractivity (Wildman–Crippen MR) is 117 cm³/mol. The smallest absolute Gasteiger partial charge is 0.257 e. The summed E-state index contributed by atoms with van der Waals surface area (Å²) in [5, 5.41) is 8.12. The molecule has 6 nitrogen and oxygen atoms in total. The van der Waals surface area contributed by atoms with Crippen molar-refractivity contribution >= 4 is 16.6 Å². The fourth-order valence-electron chi connectivity index (χ4n) is 3.94. The van der Waals surface area contributed by atoms with E-state index < -0.39 is 5.82 Å². The molecule has 0 atom stereocenters. The summed E-state index contributed by atoms with van der Waals surface area (Å²) in [6.45, 7) is 4.13. The van der Waals surface area contributed by atoms with Crippen molar-refractivity contribution in [3.8, 4) is 16.9 Å². The molecule has 0 bridgehead atoms. The lowest BCUT2D eigenvalue weighted by molar-refractivity contribution is 0.313. The molecule has 4 aromatic rings. The summed E-state index contributed by atoms with van der Waals surface area (Å²) >= 11 is 0. The summed E-state index contributed by atoms with van der Waals surface area (Å²) in [4.78, 5) is 17.2. The number of anilines is 1. The number of aromatic amines is 1. The van der Waals surface area contributed by atoms with Crippen LogP contribution < -0.4 is 10.5 Å². The minimum absolute atomic E-state index is 0.224. The zero-order valence-corrected chi connectivity index (χ0v) is 16.7. The maximum atomic E-state index is 14.3. The van der Waals surface area contributed by atoms with Crippen LogP contribution in [0.3, 0.4) is 0 Å². The van der Waals surface area contributed by atoms with Crippen LogP contribution in [0.2, 0.25) is 0 Å². The first-order chi connectivity index (χ1) is 14.6. The average Bonchev–Trinajstić information content (AvgIpc) is 3.17. The van der Waals surface area contributed by atoms with Gasteiger partial charge < -0.3 is 9.80 Å². The maximum absolute atomic E-state index is 14.3. The molecule has 1 fully saturated rings. The first kappa shape index (κ1) is 18.6. The first-order valence-corrected chi connectivity index (χ1v) is 10.00. The van der Waals surface area contributed by atoms with Crippen molar-refractivity contribution in [2.75, 3.05) is 38.1 Å². The molecule has 0 unspecified atom stereocenters. The van der Waals surface area contributed by atoms with Crippen LogP contribution in [0, 0.1) is 5.82 Å². The molecule has 0 radical (unpaired) electrons. The molecular weight excluding hydrogens is 381 g/mol. The Morgan fingerprint density at radius 1 is 1.00 bits per heavy atom. The molecule has 1 aliphatic heterocycles. The molecule has 5 rings (SSSR count). The molecule has 30 heavy (non-hydrogen) atoms. The van der Waals surface area contributed by atoms with Crippen LogP contribution in [0.5, 0.6) is 0 Å². The van der Waals surface area contributed by atoms with Crippen molar-refractivity contribution in [2.24, 2.45) is 0 Å². The number of pyridine rings is 1. The number of fused-ring (bicyclic) bond motifs is 1. The van der Waals surface area contributed by atoms with Gasteiger partial charge in [-0.25, -0.2) is 4.39 Å². The Kier molecular flexibility index (Phi) is 4.59. The molecular formula is C23H22FN5O. The Hall–Kier alpha value is -3.45. The Balaban J connectivity index is 1.53. The van der Waals surface area contributed by atoms with E-state index in [1.807, 2.05) is 12.1 Å². The highest BCUT2D eigenvalue weighted by molar-refractivity contribution is 5.92. The van der Waals surface area contributed by atoms with Crippen LogP contribution in [0.25, 0.3) is 27.8 Å². The predicted octanol–water partition coefficient (Wildman–Crippen LogP) is 3.27. The molecule has 0 spiro atoms. The summed E-state index contributed by atoms with van der Waals surface area (Å²) in [6, 6.07) is 16.0. The standard InChI is InChI=1S/C23H22FN5O/c1-27-10-12-28(13-11-27)17-8-6-16(7-9-17)23-18-15-29(21-5-3-2-4-19(21)24)22(30)14-20(18)25-26-23/h2-9,14-15,25H,10-13H2,1H3. The molecule has 2 aromatic heterocycles. The molecule has 2 aromatic carbocycles. The number of para-hydroxylation sites is 1. The van der Waals surface area contributed by atoms with E-state index in [0.29, 0.717) is 5.52 Å². The number of aromatic nitrogens is 3. The van der Waals surface area contributed by atoms with E-state index in [-0.39, 0.29) is 11.2 Å². The SMILES string of the molecule is CN1CCN(c2ccc(-c3n[nH]c4cc(=O)n(-c5ccccc5F)cc34)cc2)CC1. The Morgan fingerprint density at radius 2 is 1.73 bits per heavy atom. The molecule has 0 saturated carbocycles. The molecule has 1 aliphatic rings. The highest BCUT2D eigenvalue weighted by Crippen LogP contribution is 2.28. The van der Waals surface area contributed by atoms with Crippen molar-refractivity contribution in [2.45, 2.75) is 0 Å². The fraction of sp³-hybridized carbons (Fsp3) is 0.217. The Labute approximate surface area is 173 Å². The third-order valence-corrected chi connectivity index (χ3v) is 5.72. The van der Waals surface area contributed by atoms with Crippen molar-refractivity contribution in [1.82, 2.24) is 19.7 Å². The third kappa shape index (κ3) is 3.27. The van der Waals surface area contributed by atoms with Crippen molar-refractivity contribution in [3.63, 3.8) is 0 Å². The van der Waals surface area contributed by atoms with E-state index in [1.54, 1.807) is 24.4 Å². The van der Waals surface area contributed by atoms with Gasteiger partial charge in [0.05, 0.1) is 11.2 Å². The first-order valence-electron chi connectivity index (χ1n) is 10.00. The summed E-state index contributed by atoms with van der Waals surface area (Å²) < 4.78 is 15.6. The number of nitrogens with zero attached hydrogens (tertiary/aromatic N) is 4. The quantitative estimate of drug-likeness (QED) is 0.571. The molecule has 0 amide bonds. The minimum Gasteiger partial charge on any atom is -0.369 e. The second-order valence-corrected chi connectivity index (χ2v) is 7.67. The van der Waals surface area contributed by atoms with Crippen molar-refractivity contribution in [1.29, 1.82) is 0 Å². The summed E-state index contributed by atoms with van der Waals surface area (Å²) in [7, 11) is 2.14. The maximum Gasteiger partial charge on any atom is 0.257 e. The van der Waals surface area contributed by atoms with Crippen molar-refractivity contribution in [3.05, 3.63) is 77.0 Å².